The van der Waals surface area contributed by atoms with Gasteiger partial charge in [-0.15, -0.1) is 0 Å². The number of fused-ring (bicyclic) bond motifs is 7. The minimum atomic E-state index is -0.202. The van der Waals surface area contributed by atoms with Crippen molar-refractivity contribution < 1.29 is 0 Å². The summed E-state index contributed by atoms with van der Waals surface area (Å²) in [6.07, 6.45) is 3.43. The Labute approximate surface area is 392 Å². The fourth-order valence-corrected chi connectivity index (χ4v) is 15.0. The summed E-state index contributed by atoms with van der Waals surface area (Å²) in [5.41, 5.74) is 26.7. The molecule has 0 saturated carbocycles. The SMILES string of the molecule is Cc1cc2c3c(c1)N(c1cc4c(cc1C)C(C)(C)CC4(C)C)c1cc(C(C)(C)c4ccccc4)ccc1B3c1cc3c(cc1N2c1ccc2c(c1)C(C)(C)CC2(C)C)C(C)(C)CC3(C)C. The van der Waals surface area contributed by atoms with Gasteiger partial charge >= 0.3 is 0 Å². The summed E-state index contributed by atoms with van der Waals surface area (Å²) in [7, 11) is 0. The van der Waals surface area contributed by atoms with Gasteiger partial charge in [0.05, 0.1) is 0 Å². The number of hydrogen-bond donors (Lipinski definition) is 0. The molecule has 6 aromatic rings. The van der Waals surface area contributed by atoms with Crippen molar-refractivity contribution >= 4 is 57.2 Å². The van der Waals surface area contributed by atoms with Crippen molar-refractivity contribution in [3.63, 3.8) is 0 Å². The van der Waals surface area contributed by atoms with Gasteiger partial charge in [-0.2, -0.15) is 0 Å². The topological polar surface area (TPSA) is 6.48 Å². The molecule has 0 aromatic heterocycles. The van der Waals surface area contributed by atoms with Crippen molar-refractivity contribution in [2.75, 3.05) is 9.80 Å². The lowest BCUT2D eigenvalue weighted by Crippen LogP contribution is -2.61. The summed E-state index contributed by atoms with van der Waals surface area (Å²) in [6, 6.07) is 41.7. The van der Waals surface area contributed by atoms with E-state index in [-0.39, 0.29) is 44.6 Å². The summed E-state index contributed by atoms with van der Waals surface area (Å²) >= 11 is 0. The summed E-state index contributed by atoms with van der Waals surface area (Å²) in [6.45, 7) is 39.1. The number of aryl methyl sites for hydroxylation is 2. The van der Waals surface area contributed by atoms with E-state index < -0.39 is 0 Å². The molecular weight excluding hydrogens is 784 g/mol. The Hall–Kier alpha value is -5.02. The number of hydrogen-bond acceptors (Lipinski definition) is 2. The Kier molecular flexibility index (Phi) is 8.60. The highest BCUT2D eigenvalue weighted by Gasteiger charge is 2.50. The van der Waals surface area contributed by atoms with Gasteiger partial charge in [0.15, 0.2) is 0 Å². The highest BCUT2D eigenvalue weighted by Crippen LogP contribution is 2.56. The van der Waals surface area contributed by atoms with Crippen molar-refractivity contribution in [1.29, 1.82) is 0 Å². The van der Waals surface area contributed by atoms with Crippen molar-refractivity contribution in [3.05, 3.63) is 159 Å². The van der Waals surface area contributed by atoms with Crippen LogP contribution < -0.4 is 26.2 Å². The van der Waals surface area contributed by atoms with Crippen LogP contribution in [0.5, 0.6) is 0 Å². The van der Waals surface area contributed by atoms with Crippen LogP contribution in [0.25, 0.3) is 0 Å². The van der Waals surface area contributed by atoms with Crippen LogP contribution in [0.4, 0.5) is 34.1 Å². The maximum atomic E-state index is 2.71. The normalized spacial score (nSPS) is 20.5. The first-order chi connectivity index (χ1) is 30.2. The largest absolute Gasteiger partial charge is 0.311 e. The third kappa shape index (κ3) is 5.98. The first-order valence-corrected chi connectivity index (χ1v) is 24.7. The van der Waals surface area contributed by atoms with Gasteiger partial charge in [-0.05, 0) is 180 Å². The molecule has 5 aliphatic rings. The maximum Gasteiger partial charge on any atom is 0.252 e. The molecule has 3 aliphatic carbocycles. The van der Waals surface area contributed by atoms with E-state index in [4.69, 9.17) is 0 Å². The summed E-state index contributed by atoms with van der Waals surface area (Å²) in [4.78, 5) is 5.40. The first-order valence-electron chi connectivity index (χ1n) is 24.7. The number of benzene rings is 6. The van der Waals surface area contributed by atoms with Gasteiger partial charge in [-0.25, -0.2) is 0 Å². The van der Waals surface area contributed by atoms with E-state index in [9.17, 15) is 0 Å². The molecule has 3 heteroatoms. The van der Waals surface area contributed by atoms with Gasteiger partial charge in [-0.3, -0.25) is 0 Å². The van der Waals surface area contributed by atoms with Crippen LogP contribution in [0.1, 0.15) is 172 Å². The highest BCUT2D eigenvalue weighted by molar-refractivity contribution is 7.00. The molecule has 6 aromatic carbocycles. The molecular formula is C62H71BN2. The van der Waals surface area contributed by atoms with E-state index in [0.717, 1.165) is 19.3 Å². The van der Waals surface area contributed by atoms with Crippen LogP contribution in [0.3, 0.4) is 0 Å². The maximum absolute atomic E-state index is 2.71. The average molecular weight is 855 g/mol. The molecule has 0 saturated heterocycles. The van der Waals surface area contributed by atoms with Crippen LogP contribution in [0, 0.1) is 13.8 Å². The van der Waals surface area contributed by atoms with E-state index in [1.165, 1.54) is 106 Å². The number of nitrogens with zero attached hydrogens (tertiary/aromatic N) is 2. The van der Waals surface area contributed by atoms with Crippen LogP contribution in [-0.2, 0) is 37.9 Å². The zero-order valence-electron chi connectivity index (χ0n) is 42.4. The van der Waals surface area contributed by atoms with Crippen LogP contribution in [-0.4, -0.2) is 6.71 Å². The zero-order chi connectivity index (χ0) is 46.3. The van der Waals surface area contributed by atoms with Gasteiger partial charge in [0.25, 0.3) is 6.71 Å². The second kappa shape index (κ2) is 13.1. The molecule has 2 heterocycles. The molecule has 0 unspecified atom stereocenters. The molecule has 0 radical (unpaired) electrons. The third-order valence-electron chi connectivity index (χ3n) is 17.4. The Morgan fingerprint density at radius 2 is 0.908 bits per heavy atom. The molecule has 0 N–H and O–H groups in total. The van der Waals surface area contributed by atoms with Gasteiger partial charge in [0.1, 0.15) is 0 Å². The predicted molar refractivity (Wildman–Crippen MR) is 281 cm³/mol. The fraction of sp³-hybridized carbons (Fsp3) is 0.419. The summed E-state index contributed by atoms with van der Waals surface area (Å²) in [5, 5.41) is 0. The van der Waals surface area contributed by atoms with Crippen molar-refractivity contribution in [3.8, 4) is 0 Å². The molecule has 0 amide bonds. The van der Waals surface area contributed by atoms with E-state index in [2.05, 4.69) is 224 Å². The summed E-state index contributed by atoms with van der Waals surface area (Å²) < 4.78 is 0. The van der Waals surface area contributed by atoms with Crippen LogP contribution in [0.2, 0.25) is 0 Å². The molecule has 11 rings (SSSR count). The van der Waals surface area contributed by atoms with Crippen LogP contribution >= 0.6 is 0 Å². The molecule has 2 aliphatic heterocycles. The zero-order valence-corrected chi connectivity index (χ0v) is 42.4. The third-order valence-corrected chi connectivity index (χ3v) is 17.4. The minimum absolute atomic E-state index is 0.0618. The van der Waals surface area contributed by atoms with Gasteiger partial charge < -0.3 is 9.80 Å². The first kappa shape index (κ1) is 42.6. The molecule has 0 bridgehead atoms. The lowest BCUT2D eigenvalue weighted by atomic mass is 9.33. The Bertz CT molecular complexity index is 3030. The molecule has 2 nitrogen and oxygen atoms in total. The molecule has 0 spiro atoms. The standard InChI is InChI=1S/C62H71BN2/c1-37-26-53-55-54(27-37)65(50-32-46-43(28-38(50)2)57(5,6)35-60(46,11)12)51-29-40(62(15,16)39-20-18-17-19-21-39)22-25-48(51)63(55)49-31-45-47(61(13,14)36-59(45,9)10)33-52(49)64(53)41-23-24-42-44(30-41)58(7,8)34-56(42,3)4/h17-33H,34-36H2,1-16H3. The molecule has 332 valence electrons. The van der Waals surface area contributed by atoms with Gasteiger partial charge in [-0.1, -0.05) is 158 Å². The molecule has 65 heavy (non-hydrogen) atoms. The smallest absolute Gasteiger partial charge is 0.252 e. The minimum Gasteiger partial charge on any atom is -0.311 e. The lowest BCUT2D eigenvalue weighted by molar-refractivity contribution is 0.402. The lowest BCUT2D eigenvalue weighted by Gasteiger charge is -2.46. The Morgan fingerprint density at radius 3 is 1.51 bits per heavy atom. The van der Waals surface area contributed by atoms with E-state index in [1.807, 2.05) is 0 Å². The molecule has 0 atom stereocenters. The van der Waals surface area contributed by atoms with Gasteiger partial charge in [0, 0.05) is 39.5 Å². The van der Waals surface area contributed by atoms with E-state index in [1.54, 1.807) is 0 Å². The highest BCUT2D eigenvalue weighted by atomic mass is 15.2. The second-order valence-corrected chi connectivity index (χ2v) is 25.8. The monoisotopic (exact) mass is 855 g/mol. The predicted octanol–water partition coefficient (Wildman–Crippen LogP) is 14.6. The van der Waals surface area contributed by atoms with Crippen molar-refractivity contribution in [2.24, 2.45) is 0 Å². The van der Waals surface area contributed by atoms with E-state index in [0.29, 0.717) is 0 Å². The number of anilines is 6. The second-order valence-electron chi connectivity index (χ2n) is 25.8. The Balaban J connectivity index is 1.25. The number of rotatable bonds is 4. The fourth-order valence-electron chi connectivity index (χ4n) is 15.0. The van der Waals surface area contributed by atoms with Crippen LogP contribution in [0.15, 0.2) is 103 Å². The van der Waals surface area contributed by atoms with Crippen molar-refractivity contribution in [1.82, 2.24) is 0 Å². The van der Waals surface area contributed by atoms with E-state index >= 15 is 0 Å². The quantitative estimate of drug-likeness (QED) is 0.163. The average Bonchev–Trinajstić information content (AvgIpc) is 3.62. The van der Waals surface area contributed by atoms with Gasteiger partial charge in [0.2, 0.25) is 0 Å². The summed E-state index contributed by atoms with van der Waals surface area (Å²) in [5.74, 6) is 0. The van der Waals surface area contributed by atoms with Crippen molar-refractivity contribution in [2.45, 2.75) is 168 Å². The Morgan fingerprint density at radius 1 is 0.415 bits per heavy atom. The molecule has 0 fully saturated rings.